The van der Waals surface area contributed by atoms with Gasteiger partial charge in [0, 0.05) is 27.3 Å². The summed E-state index contributed by atoms with van der Waals surface area (Å²) in [5, 5.41) is 10.4. The molecule has 1 aliphatic carbocycles. The Labute approximate surface area is 131 Å². The van der Waals surface area contributed by atoms with E-state index in [4.69, 9.17) is 9.26 Å². The maximum Gasteiger partial charge on any atom is 0.246 e. The Morgan fingerprint density at radius 3 is 2.73 bits per heavy atom. The highest BCUT2D eigenvalue weighted by atomic mass is 16.5. The summed E-state index contributed by atoms with van der Waals surface area (Å²) in [4.78, 5) is 8.42. The van der Waals surface area contributed by atoms with Gasteiger partial charge in [-0.25, -0.2) is 0 Å². The van der Waals surface area contributed by atoms with Crippen LogP contribution in [-0.4, -0.2) is 43.4 Å². The first-order valence-electron chi connectivity index (χ1n) is 7.90. The van der Waals surface area contributed by atoms with Crippen LogP contribution in [0.25, 0.3) is 0 Å². The number of aryl methyl sites for hydroxylation is 1. The third-order valence-electron chi connectivity index (χ3n) is 4.33. The summed E-state index contributed by atoms with van der Waals surface area (Å²) >= 11 is 0. The molecule has 22 heavy (non-hydrogen) atoms. The maximum atomic E-state index is 5.27. The van der Waals surface area contributed by atoms with E-state index < -0.39 is 0 Å². The molecule has 0 atom stereocenters. The van der Waals surface area contributed by atoms with Crippen molar-refractivity contribution in [2.75, 3.05) is 27.3 Å². The largest absolute Gasteiger partial charge is 0.385 e. The minimum atomic E-state index is 0.328. The van der Waals surface area contributed by atoms with Crippen molar-refractivity contribution in [3.05, 3.63) is 11.7 Å². The molecule has 2 N–H and O–H groups in total. The van der Waals surface area contributed by atoms with Crippen molar-refractivity contribution in [1.82, 2.24) is 20.8 Å². The zero-order valence-electron chi connectivity index (χ0n) is 13.8. The van der Waals surface area contributed by atoms with Crippen LogP contribution in [0.3, 0.4) is 0 Å². The number of aliphatic imine (C=N–C) groups is 1. The number of hydrogen-bond donors (Lipinski definition) is 2. The molecular weight excluding hydrogens is 282 g/mol. The molecule has 1 fully saturated rings. The van der Waals surface area contributed by atoms with Gasteiger partial charge in [-0.15, -0.1) is 0 Å². The fourth-order valence-electron chi connectivity index (χ4n) is 3.02. The van der Waals surface area contributed by atoms with Crippen molar-refractivity contribution >= 4 is 5.96 Å². The molecule has 0 aromatic carbocycles. The molecule has 0 spiro atoms. The summed E-state index contributed by atoms with van der Waals surface area (Å²) in [5.74, 6) is 1.97. The van der Waals surface area contributed by atoms with Gasteiger partial charge in [-0.3, -0.25) is 4.99 Å². The van der Waals surface area contributed by atoms with E-state index in [0.717, 1.165) is 25.5 Å². The van der Waals surface area contributed by atoms with Gasteiger partial charge < -0.3 is 19.9 Å². The minimum absolute atomic E-state index is 0.328. The first kappa shape index (κ1) is 16.7. The van der Waals surface area contributed by atoms with Crippen molar-refractivity contribution in [2.45, 2.75) is 45.6 Å². The van der Waals surface area contributed by atoms with E-state index in [0.29, 0.717) is 23.7 Å². The van der Waals surface area contributed by atoms with E-state index >= 15 is 0 Å². The molecule has 7 nitrogen and oxygen atoms in total. The predicted octanol–water partition coefficient (Wildman–Crippen LogP) is 1.64. The number of nitrogens with one attached hydrogen (secondary N) is 2. The minimum Gasteiger partial charge on any atom is -0.385 e. The molecule has 0 radical (unpaired) electrons. The molecule has 2 rings (SSSR count). The fraction of sp³-hybridized carbons (Fsp3) is 0.800. The summed E-state index contributed by atoms with van der Waals surface area (Å²) in [7, 11) is 3.54. The van der Waals surface area contributed by atoms with Crippen LogP contribution in [0.1, 0.15) is 43.8 Å². The van der Waals surface area contributed by atoms with E-state index in [9.17, 15) is 0 Å². The molecule has 1 aromatic rings. The summed E-state index contributed by atoms with van der Waals surface area (Å²) in [6.07, 6.45) is 6.21. The zero-order chi connectivity index (χ0) is 15.8. The molecular formula is C15H27N5O2. The molecule has 1 saturated carbocycles. The topological polar surface area (TPSA) is 84.6 Å². The van der Waals surface area contributed by atoms with Crippen LogP contribution in [-0.2, 0) is 11.3 Å². The Morgan fingerprint density at radius 1 is 1.36 bits per heavy atom. The van der Waals surface area contributed by atoms with Gasteiger partial charge in [0.25, 0.3) is 0 Å². The number of aromatic nitrogens is 2. The molecule has 0 amide bonds. The van der Waals surface area contributed by atoms with Crippen LogP contribution < -0.4 is 10.6 Å². The lowest BCUT2D eigenvalue weighted by molar-refractivity contribution is 0.138. The highest BCUT2D eigenvalue weighted by Gasteiger charge is 2.33. The Bertz CT molecular complexity index is 480. The number of hydrogen-bond acceptors (Lipinski definition) is 5. The van der Waals surface area contributed by atoms with E-state index in [1.807, 2.05) is 0 Å². The van der Waals surface area contributed by atoms with Gasteiger partial charge in [-0.2, -0.15) is 4.98 Å². The number of ether oxygens (including phenoxy) is 1. The van der Waals surface area contributed by atoms with Gasteiger partial charge in [0.1, 0.15) is 0 Å². The second-order valence-corrected chi connectivity index (χ2v) is 5.96. The van der Waals surface area contributed by atoms with Crippen LogP contribution in [0.2, 0.25) is 0 Å². The molecule has 0 saturated heterocycles. The second-order valence-electron chi connectivity index (χ2n) is 5.96. The van der Waals surface area contributed by atoms with Gasteiger partial charge in [-0.05, 0) is 31.6 Å². The van der Waals surface area contributed by atoms with Crippen molar-refractivity contribution in [1.29, 1.82) is 0 Å². The van der Waals surface area contributed by atoms with Crippen LogP contribution in [0.5, 0.6) is 0 Å². The zero-order valence-corrected chi connectivity index (χ0v) is 13.8. The normalized spacial score (nSPS) is 17.7. The van der Waals surface area contributed by atoms with E-state index in [1.54, 1.807) is 21.1 Å². The van der Waals surface area contributed by atoms with Crippen molar-refractivity contribution in [3.8, 4) is 0 Å². The van der Waals surface area contributed by atoms with E-state index in [1.165, 1.54) is 25.7 Å². The summed E-state index contributed by atoms with van der Waals surface area (Å²) in [5.41, 5.74) is 0.328. The number of rotatable bonds is 7. The van der Waals surface area contributed by atoms with Gasteiger partial charge >= 0.3 is 0 Å². The van der Waals surface area contributed by atoms with Crippen molar-refractivity contribution in [3.63, 3.8) is 0 Å². The third kappa shape index (κ3) is 4.69. The van der Waals surface area contributed by atoms with Crippen molar-refractivity contribution in [2.24, 2.45) is 10.4 Å². The Hall–Kier alpha value is -1.63. The van der Waals surface area contributed by atoms with Crippen LogP contribution >= 0.6 is 0 Å². The standard InChI is InChI=1S/C15H27N5O2/c1-12-19-13(22-20-12)10-17-14(16-2)18-11-15(8-9-21-3)6-4-5-7-15/h4-11H2,1-3H3,(H2,16,17,18). The Morgan fingerprint density at radius 2 is 2.14 bits per heavy atom. The molecule has 1 aromatic heterocycles. The lowest BCUT2D eigenvalue weighted by Gasteiger charge is -2.29. The fourth-order valence-corrected chi connectivity index (χ4v) is 3.02. The average Bonchev–Trinajstić information content (AvgIpc) is 3.15. The van der Waals surface area contributed by atoms with Gasteiger partial charge in [0.05, 0.1) is 6.54 Å². The second kappa shape index (κ2) is 8.12. The monoisotopic (exact) mass is 309 g/mol. The number of guanidine groups is 1. The molecule has 1 heterocycles. The molecule has 0 bridgehead atoms. The lowest BCUT2D eigenvalue weighted by Crippen LogP contribution is -2.43. The first-order chi connectivity index (χ1) is 10.7. The molecule has 7 heteroatoms. The van der Waals surface area contributed by atoms with E-state index in [-0.39, 0.29) is 0 Å². The Balaban J connectivity index is 1.81. The number of nitrogens with zero attached hydrogens (tertiary/aromatic N) is 3. The molecule has 1 aliphatic rings. The summed E-state index contributed by atoms with van der Waals surface area (Å²) < 4.78 is 10.4. The summed E-state index contributed by atoms with van der Waals surface area (Å²) in [6, 6.07) is 0. The number of methoxy groups -OCH3 is 1. The van der Waals surface area contributed by atoms with E-state index in [2.05, 4.69) is 25.8 Å². The third-order valence-corrected chi connectivity index (χ3v) is 4.33. The SMILES string of the molecule is CN=C(NCc1nc(C)no1)NCC1(CCOC)CCCC1. The average molecular weight is 309 g/mol. The lowest BCUT2D eigenvalue weighted by atomic mass is 9.83. The highest BCUT2D eigenvalue weighted by molar-refractivity contribution is 5.79. The quantitative estimate of drug-likeness (QED) is 0.588. The predicted molar refractivity (Wildman–Crippen MR) is 84.6 cm³/mol. The van der Waals surface area contributed by atoms with Crippen LogP contribution in [0.4, 0.5) is 0 Å². The molecule has 124 valence electrons. The van der Waals surface area contributed by atoms with Crippen LogP contribution in [0.15, 0.2) is 9.52 Å². The van der Waals surface area contributed by atoms with Gasteiger partial charge in [0.2, 0.25) is 5.89 Å². The molecule has 0 unspecified atom stereocenters. The smallest absolute Gasteiger partial charge is 0.246 e. The summed E-state index contributed by atoms with van der Waals surface area (Å²) in [6.45, 7) is 4.01. The first-order valence-corrected chi connectivity index (χ1v) is 7.90. The van der Waals surface area contributed by atoms with Crippen molar-refractivity contribution < 1.29 is 9.26 Å². The van der Waals surface area contributed by atoms with Gasteiger partial charge in [0.15, 0.2) is 11.8 Å². The maximum absolute atomic E-state index is 5.27. The van der Waals surface area contributed by atoms with Crippen LogP contribution in [0, 0.1) is 12.3 Å². The molecule has 0 aliphatic heterocycles. The Kier molecular flexibility index (Phi) is 6.18. The van der Waals surface area contributed by atoms with Gasteiger partial charge in [-0.1, -0.05) is 18.0 Å². The highest BCUT2D eigenvalue weighted by Crippen LogP contribution is 2.40.